The van der Waals surface area contributed by atoms with Crippen LogP contribution >= 0.6 is 23.2 Å². The molecule has 0 bridgehead atoms. The average molecular weight is 328 g/mol. The summed E-state index contributed by atoms with van der Waals surface area (Å²) in [7, 11) is 0. The van der Waals surface area contributed by atoms with E-state index in [1.54, 1.807) is 18.2 Å². The molecule has 0 amide bonds. The average Bonchev–Trinajstić information content (AvgIpc) is 3.01. The molecule has 1 heterocycles. The third-order valence-electron chi connectivity index (χ3n) is 4.80. The fraction of sp³-hybridized carbons (Fsp3) is 0.562. The van der Waals surface area contributed by atoms with Crippen molar-refractivity contribution in [3.8, 4) is 0 Å². The maximum atomic E-state index is 12.3. The Hall–Kier alpha value is -0.610. The molecule has 2 aliphatic rings. The Morgan fingerprint density at radius 1 is 1.29 bits per heavy atom. The number of ketones is 1. The van der Waals surface area contributed by atoms with Crippen LogP contribution in [0.5, 0.6) is 0 Å². The van der Waals surface area contributed by atoms with Gasteiger partial charge in [-0.05, 0) is 30.9 Å². The fourth-order valence-corrected chi connectivity index (χ4v) is 4.03. The van der Waals surface area contributed by atoms with Crippen molar-refractivity contribution < 1.29 is 9.90 Å². The molecule has 3 atom stereocenters. The summed E-state index contributed by atoms with van der Waals surface area (Å²) in [5.41, 5.74) is 0.503. The number of hydrogen-bond acceptors (Lipinski definition) is 3. The molecule has 1 N–H and O–H groups in total. The van der Waals surface area contributed by atoms with E-state index in [1.165, 1.54) is 0 Å². The van der Waals surface area contributed by atoms with Crippen LogP contribution in [0.4, 0.5) is 0 Å². The minimum atomic E-state index is -0.155. The first-order valence-corrected chi connectivity index (χ1v) is 8.19. The summed E-state index contributed by atoms with van der Waals surface area (Å²) in [4.78, 5) is 14.6. The Labute approximate surface area is 134 Å². The highest BCUT2D eigenvalue weighted by Gasteiger charge is 2.41. The molecule has 2 fully saturated rings. The number of halogens is 2. The van der Waals surface area contributed by atoms with Gasteiger partial charge >= 0.3 is 0 Å². The molecule has 21 heavy (non-hydrogen) atoms. The van der Waals surface area contributed by atoms with Gasteiger partial charge in [0.1, 0.15) is 0 Å². The summed E-state index contributed by atoms with van der Waals surface area (Å²) in [5, 5.41) is 10.7. The van der Waals surface area contributed by atoms with Gasteiger partial charge in [0, 0.05) is 37.5 Å². The number of carbonyl (C=O) groups excluding carboxylic acids is 1. The predicted molar refractivity (Wildman–Crippen MR) is 84.1 cm³/mol. The summed E-state index contributed by atoms with van der Waals surface area (Å²) in [6, 6.07) is 5.15. The minimum Gasteiger partial charge on any atom is -0.393 e. The van der Waals surface area contributed by atoms with Crippen molar-refractivity contribution in [2.75, 3.05) is 19.6 Å². The summed E-state index contributed by atoms with van der Waals surface area (Å²) in [6.45, 7) is 2.63. The van der Waals surface area contributed by atoms with Gasteiger partial charge in [0.2, 0.25) is 0 Å². The number of rotatable bonds is 4. The van der Waals surface area contributed by atoms with Gasteiger partial charge in [-0.1, -0.05) is 29.3 Å². The molecule has 0 spiro atoms. The number of hydrogen-bond donors (Lipinski definition) is 1. The molecule has 0 radical (unpaired) electrons. The Morgan fingerprint density at radius 2 is 2.10 bits per heavy atom. The topological polar surface area (TPSA) is 40.5 Å². The molecule has 3 rings (SSSR count). The highest BCUT2D eigenvalue weighted by Crippen LogP contribution is 2.38. The van der Waals surface area contributed by atoms with Crippen molar-refractivity contribution in [3.05, 3.63) is 33.8 Å². The van der Waals surface area contributed by atoms with E-state index < -0.39 is 0 Å². The monoisotopic (exact) mass is 327 g/mol. The molecule has 1 aliphatic carbocycles. The number of likely N-dealkylation sites (tertiary alicyclic amines) is 1. The van der Waals surface area contributed by atoms with Crippen molar-refractivity contribution in [2.24, 2.45) is 11.8 Å². The number of aliphatic hydroxyl groups excluding tert-OH is 1. The lowest BCUT2D eigenvalue weighted by molar-refractivity contribution is 0.0961. The zero-order chi connectivity index (χ0) is 15.0. The zero-order valence-corrected chi connectivity index (χ0v) is 13.3. The van der Waals surface area contributed by atoms with Crippen LogP contribution < -0.4 is 0 Å². The van der Waals surface area contributed by atoms with Crippen molar-refractivity contribution >= 4 is 29.0 Å². The number of benzene rings is 1. The quantitative estimate of drug-likeness (QED) is 0.863. The smallest absolute Gasteiger partial charge is 0.165 e. The van der Waals surface area contributed by atoms with Gasteiger partial charge in [-0.3, -0.25) is 4.79 Å². The normalized spacial score (nSPS) is 28.8. The van der Waals surface area contributed by atoms with Crippen LogP contribution in [0, 0.1) is 11.8 Å². The first-order valence-electron chi connectivity index (χ1n) is 7.44. The van der Waals surface area contributed by atoms with Crippen LogP contribution in [0.2, 0.25) is 10.0 Å². The van der Waals surface area contributed by atoms with Crippen molar-refractivity contribution in [3.63, 3.8) is 0 Å². The SMILES string of the molecule is O=C(CCN1CC2CCC(O)C2C1)c1cccc(Cl)c1Cl. The molecule has 1 saturated carbocycles. The zero-order valence-electron chi connectivity index (χ0n) is 11.8. The van der Waals surface area contributed by atoms with Crippen LogP contribution in [-0.4, -0.2) is 41.5 Å². The molecule has 114 valence electrons. The molecular formula is C16H19Cl2NO2. The molecule has 1 aliphatic heterocycles. The molecular weight excluding hydrogens is 309 g/mol. The van der Waals surface area contributed by atoms with Gasteiger partial charge in [-0.25, -0.2) is 0 Å². The van der Waals surface area contributed by atoms with Gasteiger partial charge < -0.3 is 10.0 Å². The lowest BCUT2D eigenvalue weighted by Crippen LogP contribution is -2.27. The lowest BCUT2D eigenvalue weighted by Gasteiger charge is -2.17. The first-order chi connectivity index (χ1) is 10.1. The van der Waals surface area contributed by atoms with Gasteiger partial charge in [0.25, 0.3) is 0 Å². The van der Waals surface area contributed by atoms with Crippen molar-refractivity contribution in [1.82, 2.24) is 4.90 Å². The van der Waals surface area contributed by atoms with Crippen LogP contribution in [0.25, 0.3) is 0 Å². The molecule has 1 aromatic carbocycles. The Bertz CT molecular complexity index is 549. The molecule has 1 saturated heterocycles. The van der Waals surface area contributed by atoms with E-state index >= 15 is 0 Å². The van der Waals surface area contributed by atoms with Crippen LogP contribution in [-0.2, 0) is 0 Å². The number of carbonyl (C=O) groups is 1. The van der Waals surface area contributed by atoms with E-state index in [2.05, 4.69) is 4.90 Å². The second-order valence-electron chi connectivity index (χ2n) is 6.10. The standard InChI is InChI=1S/C16H19Cl2NO2/c17-13-3-1-2-11(16(13)18)15(21)6-7-19-8-10-4-5-14(20)12(10)9-19/h1-3,10,12,14,20H,4-9H2. The number of Topliss-reactive ketones (excluding diaryl/α,β-unsaturated/α-hetero) is 1. The van der Waals surface area contributed by atoms with Gasteiger partial charge in [-0.2, -0.15) is 0 Å². The third-order valence-corrected chi connectivity index (χ3v) is 5.62. The van der Waals surface area contributed by atoms with E-state index in [9.17, 15) is 9.90 Å². The minimum absolute atomic E-state index is 0.0279. The Kier molecular flexibility index (Phi) is 4.55. The van der Waals surface area contributed by atoms with E-state index in [4.69, 9.17) is 23.2 Å². The van der Waals surface area contributed by atoms with Crippen molar-refractivity contribution in [2.45, 2.75) is 25.4 Å². The second-order valence-corrected chi connectivity index (χ2v) is 6.89. The van der Waals surface area contributed by atoms with Gasteiger partial charge in [-0.15, -0.1) is 0 Å². The van der Waals surface area contributed by atoms with Crippen molar-refractivity contribution in [1.29, 1.82) is 0 Å². The van der Waals surface area contributed by atoms with Gasteiger partial charge in [0.05, 0.1) is 16.1 Å². The summed E-state index contributed by atoms with van der Waals surface area (Å²) in [5.74, 6) is 1.03. The van der Waals surface area contributed by atoms with E-state index in [-0.39, 0.29) is 11.9 Å². The molecule has 1 aromatic rings. The molecule has 3 unspecified atom stereocenters. The summed E-state index contributed by atoms with van der Waals surface area (Å²) < 4.78 is 0. The summed E-state index contributed by atoms with van der Waals surface area (Å²) in [6.07, 6.45) is 2.32. The highest BCUT2D eigenvalue weighted by molar-refractivity contribution is 6.43. The largest absolute Gasteiger partial charge is 0.393 e. The number of nitrogens with zero attached hydrogens (tertiary/aromatic N) is 1. The third kappa shape index (κ3) is 3.11. The predicted octanol–water partition coefficient (Wildman–Crippen LogP) is 3.27. The van der Waals surface area contributed by atoms with Gasteiger partial charge in [0.15, 0.2) is 5.78 Å². The Balaban J connectivity index is 1.56. The highest BCUT2D eigenvalue weighted by atomic mass is 35.5. The van der Waals surface area contributed by atoms with E-state index in [0.717, 1.165) is 32.5 Å². The molecule has 0 aromatic heterocycles. The van der Waals surface area contributed by atoms with E-state index in [0.29, 0.717) is 33.9 Å². The van der Waals surface area contributed by atoms with E-state index in [1.807, 2.05) is 0 Å². The summed E-state index contributed by atoms with van der Waals surface area (Å²) >= 11 is 12.0. The number of fused-ring (bicyclic) bond motifs is 1. The van der Waals surface area contributed by atoms with Crippen LogP contribution in [0.1, 0.15) is 29.6 Å². The maximum Gasteiger partial charge on any atom is 0.165 e. The molecule has 3 nitrogen and oxygen atoms in total. The first kappa shape index (κ1) is 15.3. The Morgan fingerprint density at radius 3 is 2.86 bits per heavy atom. The maximum absolute atomic E-state index is 12.3. The van der Waals surface area contributed by atoms with Crippen LogP contribution in [0.15, 0.2) is 18.2 Å². The second kappa shape index (κ2) is 6.25. The lowest BCUT2D eigenvalue weighted by atomic mass is 10.00. The fourth-order valence-electron chi connectivity index (χ4n) is 3.62. The molecule has 5 heteroatoms. The number of aliphatic hydroxyl groups is 1. The van der Waals surface area contributed by atoms with Crippen LogP contribution in [0.3, 0.4) is 0 Å².